The third kappa shape index (κ3) is 4.15. The Labute approximate surface area is 145 Å². The lowest BCUT2D eigenvalue weighted by molar-refractivity contribution is -0.137. The fourth-order valence-electron chi connectivity index (χ4n) is 1.92. The van der Waals surface area contributed by atoms with Crippen LogP contribution in [0.4, 0.5) is 19.0 Å². The zero-order chi connectivity index (χ0) is 18.6. The number of ether oxygens (including phenoxy) is 1. The van der Waals surface area contributed by atoms with E-state index in [4.69, 9.17) is 9.26 Å². The predicted octanol–water partition coefficient (Wildman–Crippen LogP) is 3.61. The van der Waals surface area contributed by atoms with Gasteiger partial charge in [0.15, 0.2) is 0 Å². The highest BCUT2D eigenvalue weighted by atomic mass is 19.4. The maximum atomic E-state index is 12.5. The predicted molar refractivity (Wildman–Crippen MR) is 86.7 cm³/mol. The SMILES string of the molecule is COc1ccc(-c2nc(C=NNc3ccc(C(F)(F)F)cn3)no2)cc1. The van der Waals surface area contributed by atoms with Crippen LogP contribution in [0.2, 0.25) is 0 Å². The molecule has 0 aliphatic rings. The third-order valence-corrected chi connectivity index (χ3v) is 3.23. The molecule has 3 aromatic rings. The summed E-state index contributed by atoms with van der Waals surface area (Å²) < 4.78 is 47.5. The smallest absolute Gasteiger partial charge is 0.417 e. The van der Waals surface area contributed by atoms with E-state index < -0.39 is 11.7 Å². The lowest BCUT2D eigenvalue weighted by Gasteiger charge is -2.05. The minimum atomic E-state index is -4.43. The monoisotopic (exact) mass is 363 g/mol. The van der Waals surface area contributed by atoms with E-state index in [1.54, 1.807) is 31.4 Å². The molecule has 26 heavy (non-hydrogen) atoms. The van der Waals surface area contributed by atoms with Gasteiger partial charge in [-0.15, -0.1) is 0 Å². The standard InChI is InChI=1S/C16H12F3N5O2/c1-25-12-5-2-10(3-6-12)15-22-14(24-26-15)9-21-23-13-7-4-11(8-20-13)16(17,18)19/h2-9H,1H3,(H,20,23). The molecule has 134 valence electrons. The zero-order valence-electron chi connectivity index (χ0n) is 13.4. The van der Waals surface area contributed by atoms with Crippen LogP contribution in [0.1, 0.15) is 11.4 Å². The molecule has 0 spiro atoms. The zero-order valence-corrected chi connectivity index (χ0v) is 13.4. The lowest BCUT2D eigenvalue weighted by Crippen LogP contribution is -2.05. The van der Waals surface area contributed by atoms with Crippen molar-refractivity contribution >= 4 is 12.0 Å². The normalized spacial score (nSPS) is 11.7. The van der Waals surface area contributed by atoms with E-state index in [-0.39, 0.29) is 11.6 Å². The maximum absolute atomic E-state index is 12.5. The summed E-state index contributed by atoms with van der Waals surface area (Å²) in [6.07, 6.45) is -2.46. The largest absolute Gasteiger partial charge is 0.497 e. The van der Waals surface area contributed by atoms with E-state index in [0.717, 1.165) is 6.07 Å². The highest BCUT2D eigenvalue weighted by Crippen LogP contribution is 2.28. The Kier molecular flexibility index (Phi) is 4.83. The Balaban J connectivity index is 1.63. The van der Waals surface area contributed by atoms with Gasteiger partial charge in [0, 0.05) is 11.8 Å². The molecule has 0 aliphatic heterocycles. The first-order chi connectivity index (χ1) is 12.5. The number of halogens is 3. The average Bonchev–Trinajstić information content (AvgIpc) is 3.10. The Morgan fingerprint density at radius 3 is 2.54 bits per heavy atom. The Hall–Kier alpha value is -3.43. The van der Waals surface area contributed by atoms with Crippen molar-refractivity contribution in [2.24, 2.45) is 5.10 Å². The molecule has 2 heterocycles. The summed E-state index contributed by atoms with van der Waals surface area (Å²) in [5, 5.41) is 7.55. The molecule has 0 unspecified atom stereocenters. The molecule has 7 nitrogen and oxygen atoms in total. The number of hydrogen-bond acceptors (Lipinski definition) is 7. The van der Waals surface area contributed by atoms with Crippen molar-refractivity contribution in [1.82, 2.24) is 15.1 Å². The molecule has 1 N–H and O–H groups in total. The molecule has 1 aromatic carbocycles. The molecule has 10 heteroatoms. The van der Waals surface area contributed by atoms with Gasteiger partial charge in [-0.25, -0.2) is 4.98 Å². The van der Waals surface area contributed by atoms with Gasteiger partial charge in [0.1, 0.15) is 11.6 Å². The molecule has 0 atom stereocenters. The van der Waals surface area contributed by atoms with Gasteiger partial charge in [0.2, 0.25) is 5.82 Å². The maximum Gasteiger partial charge on any atom is 0.417 e. The topological polar surface area (TPSA) is 85.4 Å². The van der Waals surface area contributed by atoms with Gasteiger partial charge >= 0.3 is 6.18 Å². The van der Waals surface area contributed by atoms with E-state index in [9.17, 15) is 13.2 Å². The number of benzene rings is 1. The van der Waals surface area contributed by atoms with E-state index in [1.807, 2.05) is 0 Å². The van der Waals surface area contributed by atoms with Crippen LogP contribution in [0.25, 0.3) is 11.5 Å². The first kappa shape index (κ1) is 17.4. The van der Waals surface area contributed by atoms with E-state index in [1.165, 1.54) is 12.3 Å². The summed E-state index contributed by atoms with van der Waals surface area (Å²) in [4.78, 5) is 7.76. The Morgan fingerprint density at radius 2 is 1.92 bits per heavy atom. The number of nitrogens with one attached hydrogen (secondary N) is 1. The van der Waals surface area contributed by atoms with Crippen LogP contribution in [0, 0.1) is 0 Å². The summed E-state index contributed by atoms with van der Waals surface area (Å²) in [7, 11) is 1.56. The van der Waals surface area contributed by atoms with Gasteiger partial charge in [-0.1, -0.05) is 5.16 Å². The summed E-state index contributed by atoms with van der Waals surface area (Å²) in [6, 6.07) is 9.10. The Morgan fingerprint density at radius 1 is 1.15 bits per heavy atom. The molecule has 2 aromatic heterocycles. The number of pyridine rings is 1. The number of anilines is 1. The van der Waals surface area contributed by atoms with E-state index in [2.05, 4.69) is 25.7 Å². The van der Waals surface area contributed by atoms with Crippen molar-refractivity contribution < 1.29 is 22.4 Å². The highest BCUT2D eigenvalue weighted by molar-refractivity contribution is 5.75. The molecule has 0 bridgehead atoms. The number of hydrazone groups is 1. The van der Waals surface area contributed by atoms with Crippen molar-refractivity contribution in [2.75, 3.05) is 12.5 Å². The molecule has 0 fully saturated rings. The second kappa shape index (κ2) is 7.21. The fourth-order valence-corrected chi connectivity index (χ4v) is 1.92. The Bertz CT molecular complexity index is 889. The second-order valence-electron chi connectivity index (χ2n) is 4.99. The third-order valence-electron chi connectivity index (χ3n) is 3.23. The number of aromatic nitrogens is 3. The van der Waals surface area contributed by atoms with E-state index in [0.29, 0.717) is 23.4 Å². The highest BCUT2D eigenvalue weighted by Gasteiger charge is 2.30. The van der Waals surface area contributed by atoms with Crippen LogP contribution in [0.5, 0.6) is 5.75 Å². The number of hydrogen-bond donors (Lipinski definition) is 1. The molecule has 0 saturated carbocycles. The molecule has 0 radical (unpaired) electrons. The van der Waals surface area contributed by atoms with Crippen LogP contribution in [-0.2, 0) is 6.18 Å². The van der Waals surface area contributed by atoms with Gasteiger partial charge < -0.3 is 9.26 Å². The van der Waals surface area contributed by atoms with Gasteiger partial charge in [-0.2, -0.15) is 23.3 Å². The molecular weight excluding hydrogens is 351 g/mol. The van der Waals surface area contributed by atoms with Crippen molar-refractivity contribution in [3.8, 4) is 17.2 Å². The molecular formula is C16H12F3N5O2. The fraction of sp³-hybridized carbons (Fsp3) is 0.125. The summed E-state index contributed by atoms with van der Waals surface area (Å²) in [5.74, 6) is 1.33. The van der Waals surface area contributed by atoms with Crippen LogP contribution in [0.15, 0.2) is 52.2 Å². The average molecular weight is 363 g/mol. The number of alkyl halides is 3. The minimum Gasteiger partial charge on any atom is -0.497 e. The molecule has 0 saturated heterocycles. The van der Waals surface area contributed by atoms with Crippen molar-refractivity contribution in [3.05, 3.63) is 54.0 Å². The van der Waals surface area contributed by atoms with Crippen molar-refractivity contribution in [2.45, 2.75) is 6.18 Å². The number of rotatable bonds is 5. The summed E-state index contributed by atoms with van der Waals surface area (Å²) >= 11 is 0. The molecule has 0 aliphatic carbocycles. The van der Waals surface area contributed by atoms with Crippen molar-refractivity contribution in [3.63, 3.8) is 0 Å². The number of nitrogens with zero attached hydrogens (tertiary/aromatic N) is 4. The first-order valence-corrected chi connectivity index (χ1v) is 7.26. The van der Waals surface area contributed by atoms with Gasteiger partial charge in [0.25, 0.3) is 5.89 Å². The molecule has 3 rings (SSSR count). The lowest BCUT2D eigenvalue weighted by atomic mass is 10.2. The minimum absolute atomic E-state index is 0.146. The van der Waals surface area contributed by atoms with Crippen LogP contribution in [-0.4, -0.2) is 28.4 Å². The van der Waals surface area contributed by atoms with E-state index >= 15 is 0 Å². The first-order valence-electron chi connectivity index (χ1n) is 7.26. The molecule has 0 amide bonds. The summed E-state index contributed by atoms with van der Waals surface area (Å²) in [6.45, 7) is 0. The number of methoxy groups -OCH3 is 1. The van der Waals surface area contributed by atoms with Gasteiger partial charge in [-0.3, -0.25) is 5.43 Å². The van der Waals surface area contributed by atoms with Crippen LogP contribution >= 0.6 is 0 Å². The van der Waals surface area contributed by atoms with Crippen molar-refractivity contribution in [1.29, 1.82) is 0 Å². The summed E-state index contributed by atoms with van der Waals surface area (Å²) in [5.41, 5.74) is 2.35. The van der Waals surface area contributed by atoms with Crippen LogP contribution in [0.3, 0.4) is 0 Å². The van der Waals surface area contributed by atoms with Gasteiger partial charge in [0.05, 0.1) is 18.9 Å². The van der Waals surface area contributed by atoms with Gasteiger partial charge in [-0.05, 0) is 36.4 Å². The second-order valence-corrected chi connectivity index (χ2v) is 4.99. The van der Waals surface area contributed by atoms with Crippen LogP contribution < -0.4 is 10.2 Å². The quantitative estimate of drug-likeness (QED) is 0.551.